The number of ether oxygens (including phenoxy) is 3. The number of nitrogens with one attached hydrogen (secondary N) is 6. The molecule has 0 radical (unpaired) electrons. The van der Waals surface area contributed by atoms with Crippen LogP contribution in [0.1, 0.15) is 41.5 Å². The molecule has 6 N–H and O–H groups in total. The number of sulfone groups is 3. The number of rotatable bonds is 24. The second-order valence-corrected chi connectivity index (χ2v) is 28.4. The van der Waals surface area contributed by atoms with Crippen molar-refractivity contribution < 1.29 is 79.0 Å². The maximum absolute atomic E-state index is 13.0. The predicted octanol–water partition coefficient (Wildman–Crippen LogP) is 15.4. The number of aromatic nitrogens is 9. The van der Waals surface area contributed by atoms with E-state index in [9.17, 15) is 64.8 Å². The summed E-state index contributed by atoms with van der Waals surface area (Å²) >= 11 is 17.4. The van der Waals surface area contributed by atoms with Crippen LogP contribution in [0, 0.1) is 0 Å². The van der Waals surface area contributed by atoms with Crippen LogP contribution in [0.2, 0.25) is 15.1 Å². The summed E-state index contributed by atoms with van der Waals surface area (Å²) in [5.41, 5.74) is -0.0142. The summed E-state index contributed by atoms with van der Waals surface area (Å²) in [5.74, 6) is 1.74. The lowest BCUT2D eigenvalue weighted by Crippen LogP contribution is -2.31. The highest BCUT2D eigenvalue weighted by Gasteiger charge is 2.40. The number of hydrogen-bond donors (Lipinski definition) is 6. The minimum absolute atomic E-state index is 0.00473. The zero-order valence-corrected chi connectivity index (χ0v) is 56.9. The van der Waals surface area contributed by atoms with Crippen molar-refractivity contribution in [1.82, 2.24) is 44.9 Å². The van der Waals surface area contributed by atoms with Gasteiger partial charge in [0.25, 0.3) is 0 Å². The molecule has 0 spiro atoms. The lowest BCUT2D eigenvalue weighted by molar-refractivity contribution is -0.189. The number of hydrogen-bond acceptors (Lipinski definition) is 24. The molecule has 6 aromatic heterocycles. The summed E-state index contributed by atoms with van der Waals surface area (Å²) in [7, 11) is -10.9. The standard InChI is InChI=1S/3C20H19ClF3N5O3S/c3*1-3-33(30,31)14-5-6-16(32-12(2)20(22,23)24)15(8-14)28-18-9-19(27-11-26-18)29-17-7-4-13(21)10-25-17/h3*4-12H,3H2,1-2H3,(H2,25,26,27,28,29). The molecule has 0 fully saturated rings. The quantitative estimate of drug-likeness (QED) is 0.0306. The smallest absolute Gasteiger partial charge is 0.425 e. The fourth-order valence-corrected chi connectivity index (χ4v) is 10.7. The Morgan fingerprint density at radius 3 is 0.778 bits per heavy atom. The Morgan fingerprint density at radius 1 is 0.343 bits per heavy atom. The zero-order chi connectivity index (χ0) is 72.7. The van der Waals surface area contributed by atoms with E-state index in [1.54, 1.807) is 36.4 Å². The topological polar surface area (TPSA) is 318 Å². The highest BCUT2D eigenvalue weighted by Crippen LogP contribution is 2.38. The highest BCUT2D eigenvalue weighted by atomic mass is 35.5. The summed E-state index contributed by atoms with van der Waals surface area (Å²) in [6.45, 7) is 6.95. The first kappa shape index (κ1) is 77.0. The third kappa shape index (κ3) is 22.9. The van der Waals surface area contributed by atoms with Crippen molar-refractivity contribution in [3.63, 3.8) is 0 Å². The Kier molecular flexibility index (Phi) is 25.7. The van der Waals surface area contributed by atoms with Gasteiger partial charge in [0.2, 0.25) is 0 Å². The van der Waals surface area contributed by atoms with Crippen LogP contribution < -0.4 is 46.1 Å². The largest absolute Gasteiger partial charge is 0.479 e. The van der Waals surface area contributed by atoms with Gasteiger partial charge in [-0.25, -0.2) is 70.1 Å². The molecule has 3 unspecified atom stereocenters. The van der Waals surface area contributed by atoms with Gasteiger partial charge in [-0.1, -0.05) is 55.6 Å². The van der Waals surface area contributed by atoms with Gasteiger partial charge in [0.1, 0.15) is 88.6 Å². The van der Waals surface area contributed by atoms with Crippen molar-refractivity contribution in [3.8, 4) is 17.2 Å². The van der Waals surface area contributed by atoms with Gasteiger partial charge in [0, 0.05) is 36.8 Å². The molecule has 3 atom stereocenters. The van der Waals surface area contributed by atoms with E-state index in [0.29, 0.717) is 50.0 Å². The number of nitrogens with zero attached hydrogens (tertiary/aromatic N) is 9. The molecule has 39 heteroatoms. The zero-order valence-electron chi connectivity index (χ0n) is 52.2. The SMILES string of the molecule is CCS(=O)(=O)c1ccc(OC(C)C(F)(F)F)c(Nc2cc(Nc3ccc(Cl)cn3)ncn2)c1.CCS(=O)(=O)c1ccc(OC(C)C(F)(F)F)c(Nc2cc(Nc3ccc(Cl)cn3)ncn2)c1.CCS(=O)(=O)c1ccc(OC(C)C(F)(F)F)c(Nc2cc(Nc3ccc(Cl)cn3)ncn2)c1. The van der Waals surface area contributed by atoms with Crippen LogP contribution in [0.5, 0.6) is 17.2 Å². The van der Waals surface area contributed by atoms with Gasteiger partial charge in [-0.3, -0.25) is 0 Å². The summed E-state index contributed by atoms with van der Waals surface area (Å²) in [6.07, 6.45) is -12.2. The minimum atomic E-state index is -4.61. The molecular formula is C60H57Cl3F9N15O9S3. The van der Waals surface area contributed by atoms with Crippen molar-refractivity contribution in [2.45, 2.75) is 93.1 Å². The molecule has 528 valence electrons. The molecule has 0 amide bonds. The number of alkyl halides is 9. The van der Waals surface area contributed by atoms with E-state index in [1.165, 1.54) is 131 Å². The van der Waals surface area contributed by atoms with E-state index < -0.39 is 66.4 Å². The van der Waals surface area contributed by atoms with Crippen LogP contribution in [-0.4, -0.2) is 124 Å². The maximum Gasteiger partial charge on any atom is 0.425 e. The van der Waals surface area contributed by atoms with Gasteiger partial charge in [0.05, 0.1) is 64.1 Å². The third-order valence-corrected chi connectivity index (χ3v) is 19.0. The van der Waals surface area contributed by atoms with Gasteiger partial charge in [-0.2, -0.15) is 39.5 Å². The van der Waals surface area contributed by atoms with Gasteiger partial charge in [-0.15, -0.1) is 0 Å². The second kappa shape index (κ2) is 33.0. The van der Waals surface area contributed by atoms with Gasteiger partial charge in [0.15, 0.2) is 47.8 Å². The lowest BCUT2D eigenvalue weighted by atomic mass is 10.2. The molecule has 9 rings (SSSR count). The fourth-order valence-electron chi connectivity index (χ4n) is 7.62. The van der Waals surface area contributed by atoms with Crippen LogP contribution in [0.25, 0.3) is 0 Å². The lowest BCUT2D eigenvalue weighted by Gasteiger charge is -2.20. The Balaban J connectivity index is 0.000000209. The Morgan fingerprint density at radius 2 is 0.576 bits per heavy atom. The molecule has 0 bridgehead atoms. The minimum Gasteiger partial charge on any atom is -0.479 e. The van der Waals surface area contributed by atoms with E-state index in [1.807, 2.05) is 0 Å². The van der Waals surface area contributed by atoms with Crippen LogP contribution in [0.4, 0.5) is 109 Å². The molecule has 3 aromatic carbocycles. The second-order valence-electron chi connectivity index (χ2n) is 20.3. The van der Waals surface area contributed by atoms with Gasteiger partial charge in [-0.05, 0) is 112 Å². The van der Waals surface area contributed by atoms with Crippen molar-refractivity contribution >= 4 is 134 Å². The van der Waals surface area contributed by atoms with Crippen LogP contribution in [-0.2, 0) is 29.5 Å². The molecule has 24 nitrogen and oxygen atoms in total. The number of benzene rings is 3. The summed E-state index contributed by atoms with van der Waals surface area (Å²) in [5, 5.41) is 18.6. The first-order valence-electron chi connectivity index (χ1n) is 28.7. The molecule has 99 heavy (non-hydrogen) atoms. The normalized spacial score (nSPS) is 12.8. The van der Waals surface area contributed by atoms with Crippen molar-refractivity contribution in [3.05, 3.63) is 162 Å². The molecule has 0 saturated heterocycles. The molecule has 9 aromatic rings. The molecule has 0 aliphatic carbocycles. The van der Waals surface area contributed by atoms with Crippen LogP contribution in [0.3, 0.4) is 0 Å². The Bertz CT molecular complexity index is 4130. The molecule has 0 saturated carbocycles. The third-order valence-electron chi connectivity index (χ3n) is 13.1. The Labute approximate surface area is 575 Å². The van der Waals surface area contributed by atoms with E-state index in [2.05, 4.69) is 76.8 Å². The van der Waals surface area contributed by atoms with Crippen molar-refractivity contribution in [2.24, 2.45) is 0 Å². The van der Waals surface area contributed by atoms with Crippen LogP contribution >= 0.6 is 34.8 Å². The summed E-state index contributed by atoms with van der Waals surface area (Å²) in [4.78, 5) is 36.4. The summed E-state index contributed by atoms with van der Waals surface area (Å²) < 4.78 is 206. The number of anilines is 12. The number of pyridine rings is 3. The van der Waals surface area contributed by atoms with Crippen molar-refractivity contribution in [2.75, 3.05) is 49.2 Å². The van der Waals surface area contributed by atoms with Crippen LogP contribution in [0.15, 0.2) is 161 Å². The van der Waals surface area contributed by atoms with Gasteiger partial charge < -0.3 is 46.1 Å². The van der Waals surface area contributed by atoms with E-state index in [0.717, 1.165) is 20.8 Å². The fraction of sp³-hybridized carbons (Fsp3) is 0.250. The van der Waals surface area contributed by atoms with E-state index in [-0.39, 0.29) is 83.7 Å². The Hall–Kier alpha value is -9.36. The predicted molar refractivity (Wildman–Crippen MR) is 354 cm³/mol. The van der Waals surface area contributed by atoms with E-state index >= 15 is 0 Å². The first-order chi connectivity index (χ1) is 46.4. The number of halogens is 12. The monoisotopic (exact) mass is 1500 g/mol. The first-order valence-corrected chi connectivity index (χ1v) is 34.8. The molecule has 0 aliphatic rings. The van der Waals surface area contributed by atoms with Crippen molar-refractivity contribution in [1.29, 1.82) is 0 Å². The van der Waals surface area contributed by atoms with Gasteiger partial charge >= 0.3 is 18.5 Å². The molecule has 6 heterocycles. The highest BCUT2D eigenvalue weighted by molar-refractivity contribution is 7.92. The van der Waals surface area contributed by atoms with E-state index in [4.69, 9.17) is 49.0 Å². The molecule has 0 aliphatic heterocycles. The maximum atomic E-state index is 13.0. The average molecular weight is 1510 g/mol. The molecular weight excluding hydrogens is 1450 g/mol. The summed E-state index contributed by atoms with van der Waals surface area (Å²) in [6, 6.07) is 24.9. The average Bonchev–Trinajstić information content (AvgIpc) is 0.823.